The highest BCUT2D eigenvalue weighted by atomic mass is 35.5. The van der Waals surface area contributed by atoms with Gasteiger partial charge in [0.15, 0.2) is 0 Å². The average molecular weight is 392 g/mol. The van der Waals surface area contributed by atoms with Gasteiger partial charge in [0.1, 0.15) is 12.2 Å². The van der Waals surface area contributed by atoms with E-state index in [9.17, 15) is 4.79 Å². The SMILES string of the molecule is C=CC(=O)N1CCCOCC1C1=CC(c2ncnc(N)n2)CC(Cl)=C1.CC. The van der Waals surface area contributed by atoms with E-state index >= 15 is 0 Å². The number of hydrogen-bond acceptors (Lipinski definition) is 6. The van der Waals surface area contributed by atoms with E-state index in [1.54, 1.807) is 4.90 Å². The Kier molecular flexibility index (Phi) is 7.94. The molecule has 3 rings (SSSR count). The Morgan fingerprint density at radius 2 is 2.22 bits per heavy atom. The summed E-state index contributed by atoms with van der Waals surface area (Å²) in [6.07, 6.45) is 8.01. The van der Waals surface area contributed by atoms with E-state index in [-0.39, 0.29) is 23.8 Å². The summed E-state index contributed by atoms with van der Waals surface area (Å²) < 4.78 is 5.68. The normalized spacial score (nSPS) is 22.6. The van der Waals surface area contributed by atoms with Crippen molar-refractivity contribution in [3.63, 3.8) is 0 Å². The summed E-state index contributed by atoms with van der Waals surface area (Å²) in [6, 6.07) is -0.219. The van der Waals surface area contributed by atoms with Crippen LogP contribution < -0.4 is 5.73 Å². The minimum Gasteiger partial charge on any atom is -0.379 e. The van der Waals surface area contributed by atoms with Gasteiger partial charge in [-0.3, -0.25) is 4.79 Å². The molecule has 2 unspecified atom stereocenters. The van der Waals surface area contributed by atoms with Crippen molar-refractivity contribution in [2.75, 3.05) is 25.5 Å². The van der Waals surface area contributed by atoms with Gasteiger partial charge in [0, 0.05) is 24.1 Å². The standard InChI is InChI=1S/C17H20ClN5O2.C2H6/c1-2-15(24)23-4-3-5-25-9-14(23)11-6-12(8-13(18)7-11)16-20-10-21-17(19)22-16;1-2/h2,6-7,10,12,14H,1,3-5,8-9H2,(H2,19,20,21,22);1-2H3. The number of aromatic nitrogens is 3. The highest BCUT2D eigenvalue weighted by Gasteiger charge is 2.30. The highest BCUT2D eigenvalue weighted by molar-refractivity contribution is 6.29. The first-order valence-electron chi connectivity index (χ1n) is 9.11. The molecule has 0 saturated carbocycles. The van der Waals surface area contributed by atoms with Gasteiger partial charge in [0.05, 0.1) is 12.6 Å². The maximum atomic E-state index is 12.3. The molecule has 0 radical (unpaired) electrons. The number of carbonyl (C=O) groups is 1. The van der Waals surface area contributed by atoms with Crippen LogP contribution in [0.25, 0.3) is 0 Å². The van der Waals surface area contributed by atoms with Crippen LogP contribution in [-0.2, 0) is 9.53 Å². The van der Waals surface area contributed by atoms with Crippen LogP contribution in [0.3, 0.4) is 0 Å². The molecule has 7 nitrogen and oxygen atoms in total. The van der Waals surface area contributed by atoms with Gasteiger partial charge in [-0.05, 0) is 30.6 Å². The number of halogens is 1. The van der Waals surface area contributed by atoms with Crippen LogP contribution in [0.1, 0.15) is 38.4 Å². The molecule has 2 N–H and O–H groups in total. The van der Waals surface area contributed by atoms with Crippen molar-refractivity contribution in [1.29, 1.82) is 0 Å². The van der Waals surface area contributed by atoms with Gasteiger partial charge < -0.3 is 15.4 Å². The second-order valence-electron chi connectivity index (χ2n) is 5.95. The number of nitrogen functional groups attached to an aromatic ring is 1. The summed E-state index contributed by atoms with van der Waals surface area (Å²) in [5.74, 6) is 0.494. The Labute approximate surface area is 165 Å². The van der Waals surface area contributed by atoms with Gasteiger partial charge in [-0.2, -0.15) is 4.98 Å². The number of amides is 1. The first kappa shape index (κ1) is 21.1. The first-order valence-corrected chi connectivity index (χ1v) is 9.49. The van der Waals surface area contributed by atoms with Crippen LogP contribution in [0.2, 0.25) is 0 Å². The van der Waals surface area contributed by atoms with Gasteiger partial charge in [-0.25, -0.2) is 9.97 Å². The lowest BCUT2D eigenvalue weighted by molar-refractivity contribution is -0.127. The van der Waals surface area contributed by atoms with Crippen LogP contribution >= 0.6 is 11.6 Å². The zero-order valence-corrected chi connectivity index (χ0v) is 16.5. The van der Waals surface area contributed by atoms with Crippen molar-refractivity contribution in [2.45, 2.75) is 38.6 Å². The predicted octanol–water partition coefficient (Wildman–Crippen LogP) is 2.82. The lowest BCUT2D eigenvalue weighted by Crippen LogP contribution is -2.42. The molecule has 2 heterocycles. The van der Waals surface area contributed by atoms with Crippen LogP contribution in [0.15, 0.2) is 41.7 Å². The molecule has 2 atom stereocenters. The second-order valence-corrected chi connectivity index (χ2v) is 6.44. The van der Waals surface area contributed by atoms with Crippen LogP contribution in [-0.4, -0.2) is 51.6 Å². The van der Waals surface area contributed by atoms with E-state index in [0.717, 1.165) is 12.0 Å². The lowest BCUT2D eigenvalue weighted by Gasteiger charge is -2.31. The Balaban J connectivity index is 0.00000126. The minimum atomic E-state index is -0.219. The van der Waals surface area contributed by atoms with Gasteiger partial charge >= 0.3 is 0 Å². The Hall–Kier alpha value is -2.25. The number of rotatable bonds is 3. The van der Waals surface area contributed by atoms with Gasteiger partial charge in [0.25, 0.3) is 0 Å². The van der Waals surface area contributed by atoms with Gasteiger partial charge in [-0.15, -0.1) is 0 Å². The summed E-state index contributed by atoms with van der Waals surface area (Å²) in [6.45, 7) is 9.25. The minimum absolute atomic E-state index is 0.118. The first-order chi connectivity index (χ1) is 13.1. The molecule has 8 heteroatoms. The summed E-state index contributed by atoms with van der Waals surface area (Å²) in [5.41, 5.74) is 6.58. The fourth-order valence-corrected chi connectivity index (χ4v) is 3.39. The molecule has 1 aliphatic carbocycles. The zero-order valence-electron chi connectivity index (χ0n) is 15.8. The molecule has 1 aromatic rings. The molecule has 1 aliphatic heterocycles. The van der Waals surface area contributed by atoms with Crippen LogP contribution in [0, 0.1) is 0 Å². The Morgan fingerprint density at radius 3 is 2.93 bits per heavy atom. The molecular weight excluding hydrogens is 366 g/mol. The summed E-state index contributed by atoms with van der Waals surface area (Å²) >= 11 is 6.37. The smallest absolute Gasteiger partial charge is 0.246 e. The van der Waals surface area contributed by atoms with Crippen molar-refractivity contribution < 1.29 is 9.53 Å². The summed E-state index contributed by atoms with van der Waals surface area (Å²) in [5, 5.41) is 0.678. The van der Waals surface area contributed by atoms with E-state index in [1.165, 1.54) is 12.4 Å². The van der Waals surface area contributed by atoms with E-state index in [0.29, 0.717) is 37.0 Å². The van der Waals surface area contributed by atoms with Crippen molar-refractivity contribution in [3.05, 3.63) is 47.6 Å². The van der Waals surface area contributed by atoms with Crippen molar-refractivity contribution in [2.24, 2.45) is 0 Å². The van der Waals surface area contributed by atoms with Crippen LogP contribution in [0.5, 0.6) is 0 Å². The van der Waals surface area contributed by atoms with Gasteiger partial charge in [-0.1, -0.05) is 38.1 Å². The molecule has 1 saturated heterocycles. The van der Waals surface area contributed by atoms with E-state index in [2.05, 4.69) is 21.5 Å². The third-order valence-corrected chi connectivity index (χ3v) is 4.52. The fourth-order valence-electron chi connectivity index (χ4n) is 3.10. The molecule has 1 amide bonds. The lowest BCUT2D eigenvalue weighted by atomic mass is 9.91. The molecule has 1 fully saturated rings. The monoisotopic (exact) mass is 391 g/mol. The number of ether oxygens (including phenoxy) is 1. The number of allylic oxidation sites excluding steroid dienone is 2. The molecule has 27 heavy (non-hydrogen) atoms. The summed E-state index contributed by atoms with van der Waals surface area (Å²) in [7, 11) is 0. The van der Waals surface area contributed by atoms with E-state index in [4.69, 9.17) is 22.1 Å². The molecule has 146 valence electrons. The average Bonchev–Trinajstić information content (AvgIpc) is 2.94. The van der Waals surface area contributed by atoms with Crippen molar-refractivity contribution in [3.8, 4) is 0 Å². The molecule has 0 spiro atoms. The maximum absolute atomic E-state index is 12.3. The van der Waals surface area contributed by atoms with E-state index < -0.39 is 0 Å². The molecule has 1 aromatic heterocycles. The Morgan fingerprint density at radius 1 is 1.44 bits per heavy atom. The van der Waals surface area contributed by atoms with Crippen LogP contribution in [0.4, 0.5) is 5.95 Å². The maximum Gasteiger partial charge on any atom is 0.246 e. The van der Waals surface area contributed by atoms with E-state index in [1.807, 2.05) is 26.0 Å². The molecule has 2 aliphatic rings. The highest BCUT2D eigenvalue weighted by Crippen LogP contribution is 2.34. The molecular formula is C19H26ClN5O2. The predicted molar refractivity (Wildman–Crippen MR) is 106 cm³/mol. The third kappa shape index (κ3) is 5.37. The van der Waals surface area contributed by atoms with Gasteiger partial charge in [0.2, 0.25) is 11.9 Å². The zero-order chi connectivity index (χ0) is 19.8. The number of hydrogen-bond donors (Lipinski definition) is 1. The number of carbonyl (C=O) groups excluding carboxylic acids is 1. The number of nitrogens with zero attached hydrogens (tertiary/aromatic N) is 4. The quantitative estimate of drug-likeness (QED) is 0.796. The Bertz CT molecular complexity index is 735. The summed E-state index contributed by atoms with van der Waals surface area (Å²) in [4.78, 5) is 26.3. The fraction of sp³-hybridized carbons (Fsp3) is 0.474. The third-order valence-electron chi connectivity index (χ3n) is 4.25. The largest absolute Gasteiger partial charge is 0.379 e. The topological polar surface area (TPSA) is 94.2 Å². The van der Waals surface area contributed by atoms with Crippen molar-refractivity contribution in [1.82, 2.24) is 19.9 Å². The molecule has 0 bridgehead atoms. The molecule has 0 aromatic carbocycles. The number of nitrogens with two attached hydrogens (primary N) is 1. The number of anilines is 1. The van der Waals surface area contributed by atoms with Crippen molar-refractivity contribution >= 4 is 23.5 Å². The second kappa shape index (κ2) is 10.2.